The summed E-state index contributed by atoms with van der Waals surface area (Å²) < 4.78 is -1.47. The van der Waals surface area contributed by atoms with E-state index in [2.05, 4.69) is 0 Å². The Hall–Kier alpha value is 1.22. The molecule has 0 aromatic carbocycles. The van der Waals surface area contributed by atoms with Gasteiger partial charge in [0.2, 0.25) is 0 Å². The summed E-state index contributed by atoms with van der Waals surface area (Å²) in [6.45, 7) is 8.06. The third-order valence-corrected chi connectivity index (χ3v) is 10.6. The van der Waals surface area contributed by atoms with Gasteiger partial charge in [-0.05, 0) is 13.8 Å². The molecule has 0 aromatic heterocycles. The average molecular weight is 381 g/mol. The maximum atomic E-state index is 6.85. The highest BCUT2D eigenvalue weighted by molar-refractivity contribution is 6.66. The molecule has 0 radical (unpaired) electrons. The van der Waals surface area contributed by atoms with E-state index >= 15 is 0 Å². The summed E-state index contributed by atoms with van der Waals surface area (Å²) in [5, 5.41) is 0.533. The maximum Gasteiger partial charge on any atom is 0.168 e. The van der Waals surface area contributed by atoms with Crippen molar-refractivity contribution in [3.63, 3.8) is 0 Å². The Labute approximate surface area is 143 Å². The lowest BCUT2D eigenvalue weighted by Crippen LogP contribution is -2.61. The fourth-order valence-electron chi connectivity index (χ4n) is 4.53. The number of allylic oxidation sites excluding steroid dienone is 4. The third kappa shape index (κ3) is 0.932. The summed E-state index contributed by atoms with van der Waals surface area (Å²) in [7, 11) is 0. The highest BCUT2D eigenvalue weighted by Gasteiger charge is 2.93. The molecule has 6 heteroatoms. The molecule has 4 atom stereocenters. The molecule has 3 aliphatic carbocycles. The van der Waals surface area contributed by atoms with Gasteiger partial charge < -0.3 is 0 Å². The van der Waals surface area contributed by atoms with Crippen LogP contribution in [0, 0.1) is 10.8 Å². The van der Waals surface area contributed by atoms with Crippen molar-refractivity contribution in [1.29, 1.82) is 0 Å². The molecule has 0 N–H and O–H groups in total. The summed E-state index contributed by atoms with van der Waals surface area (Å²) in [6.07, 6.45) is 0. The van der Waals surface area contributed by atoms with Crippen molar-refractivity contribution < 1.29 is 0 Å². The standard InChI is InChI=1S/C13H12Cl6/c1-5-6(2)10(4)9(5,3)11(16)7(14)8(15)12(10,17)13(11,18)19/h1-4H3/t9-,10-,11-,12-/m1/s1. The SMILES string of the molecule is CC1=C(C)[C@]2(C)[C@]1(C)[C@]1(Cl)C(Cl)=C(Cl)[C@]2(Cl)C1(Cl)Cl. The Morgan fingerprint density at radius 1 is 0.684 bits per heavy atom. The number of rotatable bonds is 0. The van der Waals surface area contributed by atoms with E-state index in [9.17, 15) is 0 Å². The molecule has 0 aromatic rings. The monoisotopic (exact) mass is 378 g/mol. The van der Waals surface area contributed by atoms with Crippen molar-refractivity contribution in [3.8, 4) is 0 Å². The summed E-state index contributed by atoms with van der Waals surface area (Å²) in [5.74, 6) is 0. The van der Waals surface area contributed by atoms with Crippen LogP contribution < -0.4 is 0 Å². The molecule has 0 amide bonds. The van der Waals surface area contributed by atoms with Gasteiger partial charge in [0.25, 0.3) is 0 Å². The number of alkyl halides is 4. The highest BCUT2D eigenvalue weighted by Crippen LogP contribution is 2.90. The van der Waals surface area contributed by atoms with Crippen LogP contribution in [0.2, 0.25) is 0 Å². The van der Waals surface area contributed by atoms with Crippen LogP contribution in [-0.4, -0.2) is 14.1 Å². The molecular formula is C13H12Cl6. The molecule has 0 saturated heterocycles. The zero-order valence-electron chi connectivity index (χ0n) is 10.8. The molecule has 0 unspecified atom stereocenters. The Balaban J connectivity index is 2.49. The zero-order valence-corrected chi connectivity index (χ0v) is 15.3. The zero-order chi connectivity index (χ0) is 14.8. The second-order valence-corrected chi connectivity index (χ2v) is 9.24. The van der Waals surface area contributed by atoms with Gasteiger partial charge in [-0.1, -0.05) is 71.4 Å². The van der Waals surface area contributed by atoms with Crippen molar-refractivity contribution in [1.82, 2.24) is 0 Å². The summed E-state index contributed by atoms with van der Waals surface area (Å²) >= 11 is 39.7. The molecule has 0 spiro atoms. The van der Waals surface area contributed by atoms with Crippen molar-refractivity contribution in [3.05, 3.63) is 21.2 Å². The molecule has 106 valence electrons. The average Bonchev–Trinajstić information content (AvgIpc) is 2.51. The van der Waals surface area contributed by atoms with Gasteiger partial charge in [0.05, 0.1) is 10.1 Å². The fraction of sp³-hybridized carbons (Fsp3) is 0.692. The number of hydrogen-bond donors (Lipinski definition) is 0. The van der Waals surface area contributed by atoms with Crippen LogP contribution in [-0.2, 0) is 0 Å². The quantitative estimate of drug-likeness (QED) is 0.347. The van der Waals surface area contributed by atoms with E-state index in [-0.39, 0.29) is 10.1 Å². The topological polar surface area (TPSA) is 0 Å². The van der Waals surface area contributed by atoms with Gasteiger partial charge in [0, 0.05) is 10.8 Å². The van der Waals surface area contributed by atoms with Crippen LogP contribution in [0.3, 0.4) is 0 Å². The summed E-state index contributed by atoms with van der Waals surface area (Å²) in [4.78, 5) is -2.41. The first kappa shape index (κ1) is 15.1. The van der Waals surface area contributed by atoms with Gasteiger partial charge in [0.1, 0.15) is 9.75 Å². The minimum Gasteiger partial charge on any atom is -0.109 e. The molecule has 3 aliphatic rings. The Morgan fingerprint density at radius 3 is 1.21 bits per heavy atom. The summed E-state index contributed by atoms with van der Waals surface area (Å²) in [5.41, 5.74) is 1.21. The number of hydrogen-bond acceptors (Lipinski definition) is 0. The van der Waals surface area contributed by atoms with Gasteiger partial charge >= 0.3 is 0 Å². The lowest BCUT2D eigenvalue weighted by Gasteiger charge is -2.62. The van der Waals surface area contributed by atoms with Crippen molar-refractivity contribution in [2.75, 3.05) is 0 Å². The second-order valence-electron chi connectivity index (χ2n) is 6.02. The van der Waals surface area contributed by atoms with E-state index < -0.39 is 24.9 Å². The normalized spacial score (nSPS) is 54.6. The lowest BCUT2D eigenvalue weighted by molar-refractivity contribution is 0.0987. The molecule has 0 nitrogen and oxygen atoms in total. The lowest BCUT2D eigenvalue weighted by atomic mass is 9.44. The largest absolute Gasteiger partial charge is 0.168 e. The van der Waals surface area contributed by atoms with Crippen LogP contribution >= 0.6 is 69.6 Å². The van der Waals surface area contributed by atoms with E-state index in [0.717, 1.165) is 11.1 Å². The first-order valence-electron chi connectivity index (χ1n) is 5.88. The van der Waals surface area contributed by atoms with Gasteiger partial charge in [-0.3, -0.25) is 0 Å². The van der Waals surface area contributed by atoms with Crippen LogP contribution in [0.1, 0.15) is 27.7 Å². The van der Waals surface area contributed by atoms with E-state index in [1.807, 2.05) is 27.7 Å². The van der Waals surface area contributed by atoms with Crippen LogP contribution in [0.25, 0.3) is 0 Å². The maximum absolute atomic E-state index is 6.85. The fourth-order valence-corrected chi connectivity index (χ4v) is 8.08. The molecule has 1 fully saturated rings. The molecule has 0 aliphatic heterocycles. The summed E-state index contributed by atoms with van der Waals surface area (Å²) in [6, 6.07) is 0. The van der Waals surface area contributed by atoms with Crippen LogP contribution in [0.4, 0.5) is 0 Å². The second kappa shape index (κ2) is 3.42. The first-order valence-corrected chi connectivity index (χ1v) is 8.15. The smallest absolute Gasteiger partial charge is 0.109 e. The van der Waals surface area contributed by atoms with Crippen LogP contribution in [0.5, 0.6) is 0 Å². The minimum absolute atomic E-state index is 0.266. The van der Waals surface area contributed by atoms with E-state index in [1.54, 1.807) is 0 Å². The van der Waals surface area contributed by atoms with E-state index in [4.69, 9.17) is 69.6 Å². The van der Waals surface area contributed by atoms with Gasteiger partial charge in [-0.25, -0.2) is 0 Å². The third-order valence-electron chi connectivity index (χ3n) is 6.10. The number of fused-ring (bicyclic) bond motifs is 5. The molecule has 19 heavy (non-hydrogen) atoms. The van der Waals surface area contributed by atoms with Crippen LogP contribution in [0.15, 0.2) is 21.2 Å². The molecule has 0 heterocycles. The number of halogens is 6. The van der Waals surface area contributed by atoms with E-state index in [1.165, 1.54) is 0 Å². The predicted octanol–water partition coefficient (Wildman–Crippen LogP) is 6.19. The molecule has 3 rings (SSSR count). The van der Waals surface area contributed by atoms with Gasteiger partial charge in [-0.2, -0.15) is 0 Å². The molecular weight excluding hydrogens is 369 g/mol. The first-order chi connectivity index (χ1) is 8.38. The van der Waals surface area contributed by atoms with E-state index in [0.29, 0.717) is 0 Å². The van der Waals surface area contributed by atoms with Crippen molar-refractivity contribution in [2.24, 2.45) is 10.8 Å². The van der Waals surface area contributed by atoms with Crippen molar-refractivity contribution in [2.45, 2.75) is 41.8 Å². The minimum atomic E-state index is -1.47. The van der Waals surface area contributed by atoms with Gasteiger partial charge in [0.15, 0.2) is 4.33 Å². The van der Waals surface area contributed by atoms with Gasteiger partial charge in [-0.15, -0.1) is 23.2 Å². The Kier molecular flexibility index (Phi) is 2.72. The Bertz CT molecular complexity index is 542. The van der Waals surface area contributed by atoms with Crippen molar-refractivity contribution >= 4 is 69.6 Å². The highest BCUT2D eigenvalue weighted by atomic mass is 35.5. The predicted molar refractivity (Wildman–Crippen MR) is 84.9 cm³/mol. The Morgan fingerprint density at radius 2 is 0.947 bits per heavy atom. The molecule has 1 saturated carbocycles. The molecule has 2 bridgehead atoms.